The maximum atomic E-state index is 12.2. The molecule has 0 saturated heterocycles. The van der Waals surface area contributed by atoms with Gasteiger partial charge in [-0.2, -0.15) is 0 Å². The third-order valence-electron chi connectivity index (χ3n) is 4.11. The van der Waals surface area contributed by atoms with Crippen molar-refractivity contribution in [1.29, 1.82) is 0 Å². The number of nitrogens with one attached hydrogen (secondary N) is 1. The zero-order valence-electron chi connectivity index (χ0n) is 14.6. The summed E-state index contributed by atoms with van der Waals surface area (Å²) in [5.41, 5.74) is 0.648. The average Bonchev–Trinajstić information content (AvgIpc) is 2.66. The van der Waals surface area contributed by atoms with Gasteiger partial charge in [0.15, 0.2) is 6.61 Å². The maximum absolute atomic E-state index is 12.2. The monoisotopic (exact) mass is 424 g/mol. The van der Waals surface area contributed by atoms with E-state index in [1.165, 1.54) is 12.1 Å². The topological polar surface area (TPSA) is 125 Å². The van der Waals surface area contributed by atoms with Crippen LogP contribution in [0.15, 0.2) is 47.4 Å². The van der Waals surface area contributed by atoms with E-state index in [0.29, 0.717) is 18.8 Å². The van der Waals surface area contributed by atoms with Crippen molar-refractivity contribution in [1.82, 2.24) is 5.32 Å². The molecule has 28 heavy (non-hydrogen) atoms. The molecule has 0 aliphatic carbocycles. The summed E-state index contributed by atoms with van der Waals surface area (Å²) < 4.78 is 33.3. The Morgan fingerprint density at radius 2 is 2.00 bits per heavy atom. The lowest BCUT2D eigenvalue weighted by Gasteiger charge is -2.26. The number of rotatable bonds is 5. The van der Waals surface area contributed by atoms with Crippen molar-refractivity contribution in [3.8, 4) is 5.75 Å². The largest absolute Gasteiger partial charge is 0.493 e. The number of sulfonamides is 1. The third-order valence-corrected chi connectivity index (χ3v) is 5.35. The van der Waals surface area contributed by atoms with E-state index in [9.17, 15) is 18.0 Å². The molecule has 1 aliphatic heterocycles. The van der Waals surface area contributed by atoms with Crippen LogP contribution in [0.1, 0.15) is 28.4 Å². The second kappa shape index (κ2) is 8.17. The summed E-state index contributed by atoms with van der Waals surface area (Å²) in [6.45, 7) is -0.0913. The first-order valence-corrected chi connectivity index (χ1v) is 10.2. The summed E-state index contributed by atoms with van der Waals surface area (Å²) in [6.07, 6.45) is 0.582. The van der Waals surface area contributed by atoms with Crippen molar-refractivity contribution in [2.45, 2.75) is 17.4 Å². The molecule has 8 nitrogen and oxygen atoms in total. The molecule has 0 saturated carbocycles. The molecular formula is C18H17ClN2O6S. The van der Waals surface area contributed by atoms with Gasteiger partial charge >= 0.3 is 5.97 Å². The zero-order valence-corrected chi connectivity index (χ0v) is 16.1. The predicted octanol–water partition coefficient (Wildman–Crippen LogP) is 1.78. The molecule has 2 aromatic carbocycles. The molecule has 1 aliphatic rings. The number of hydrogen-bond acceptors (Lipinski definition) is 6. The van der Waals surface area contributed by atoms with Crippen LogP contribution in [0.5, 0.6) is 5.75 Å². The van der Waals surface area contributed by atoms with Crippen molar-refractivity contribution >= 4 is 33.5 Å². The molecule has 3 N–H and O–H groups in total. The molecule has 1 atom stereocenters. The van der Waals surface area contributed by atoms with Crippen LogP contribution in [0.3, 0.4) is 0 Å². The van der Waals surface area contributed by atoms with Gasteiger partial charge in [-0.05, 0) is 24.3 Å². The highest BCUT2D eigenvalue weighted by atomic mass is 35.5. The minimum atomic E-state index is -4.01. The number of amides is 1. The van der Waals surface area contributed by atoms with Gasteiger partial charge in [-0.15, -0.1) is 0 Å². The summed E-state index contributed by atoms with van der Waals surface area (Å²) in [6, 6.07) is 10.5. The first-order chi connectivity index (χ1) is 13.3. The van der Waals surface area contributed by atoms with Gasteiger partial charge in [-0.3, -0.25) is 4.79 Å². The smallest absolute Gasteiger partial charge is 0.340 e. The lowest BCUT2D eigenvalue weighted by atomic mass is 10.0. The number of carbonyl (C=O) groups excluding carboxylic acids is 2. The zero-order chi connectivity index (χ0) is 20.3. The van der Waals surface area contributed by atoms with E-state index in [2.05, 4.69) is 5.32 Å². The van der Waals surface area contributed by atoms with Crippen LogP contribution in [0.4, 0.5) is 0 Å². The van der Waals surface area contributed by atoms with E-state index in [4.69, 9.17) is 26.2 Å². The quantitative estimate of drug-likeness (QED) is 0.705. The summed E-state index contributed by atoms with van der Waals surface area (Å²) in [4.78, 5) is 24.1. The van der Waals surface area contributed by atoms with Gasteiger partial charge in [-0.1, -0.05) is 29.8 Å². The Balaban J connectivity index is 1.64. The molecule has 10 heteroatoms. The molecule has 1 amide bonds. The van der Waals surface area contributed by atoms with Gasteiger partial charge < -0.3 is 14.8 Å². The summed E-state index contributed by atoms with van der Waals surface area (Å²) in [7, 11) is -4.01. The van der Waals surface area contributed by atoms with Crippen molar-refractivity contribution in [3.05, 3.63) is 58.6 Å². The lowest BCUT2D eigenvalue weighted by Crippen LogP contribution is -2.35. The number of fused-ring (bicyclic) bond motifs is 1. The molecule has 0 radical (unpaired) electrons. The van der Waals surface area contributed by atoms with Crippen LogP contribution in [0.25, 0.3) is 0 Å². The highest BCUT2D eigenvalue weighted by molar-refractivity contribution is 7.89. The molecule has 148 valence electrons. The minimum Gasteiger partial charge on any atom is -0.493 e. The summed E-state index contributed by atoms with van der Waals surface area (Å²) in [5.74, 6) is -0.741. The molecule has 2 aromatic rings. The molecule has 0 bridgehead atoms. The highest BCUT2D eigenvalue weighted by Gasteiger charge is 2.23. The van der Waals surface area contributed by atoms with E-state index in [1.54, 1.807) is 0 Å². The van der Waals surface area contributed by atoms with E-state index in [-0.39, 0.29) is 21.5 Å². The lowest BCUT2D eigenvalue weighted by molar-refractivity contribution is -0.125. The van der Waals surface area contributed by atoms with E-state index < -0.39 is 28.5 Å². The number of primary sulfonamides is 1. The Bertz CT molecular complexity index is 1020. The van der Waals surface area contributed by atoms with Crippen LogP contribution < -0.4 is 15.2 Å². The molecule has 0 aromatic heterocycles. The van der Waals surface area contributed by atoms with Crippen molar-refractivity contribution < 1.29 is 27.5 Å². The van der Waals surface area contributed by atoms with E-state index >= 15 is 0 Å². The van der Waals surface area contributed by atoms with Gasteiger partial charge in [-0.25, -0.2) is 18.4 Å². The molecule has 0 fully saturated rings. The standard InChI is InChI=1S/C18H17ClN2O6S/c19-14-6-5-11(28(20,24)25)9-13(14)18(23)27-10-17(22)21-15-7-8-26-16-4-2-1-3-12(15)16/h1-6,9,15H,7-8,10H2,(H,21,22)(H2,20,24,25). The fourth-order valence-corrected chi connectivity index (χ4v) is 3.51. The minimum absolute atomic E-state index is 0.0174. The number of halogens is 1. The number of carbonyl (C=O) groups is 2. The number of ether oxygens (including phenoxy) is 2. The van der Waals surface area contributed by atoms with Gasteiger partial charge in [0.05, 0.1) is 28.1 Å². The predicted molar refractivity (Wildman–Crippen MR) is 101 cm³/mol. The molecule has 0 spiro atoms. The molecule has 3 rings (SSSR count). The van der Waals surface area contributed by atoms with Crippen LogP contribution in [-0.2, 0) is 19.6 Å². The first-order valence-electron chi connectivity index (χ1n) is 8.26. The van der Waals surface area contributed by atoms with Gasteiger partial charge in [0, 0.05) is 12.0 Å². The summed E-state index contributed by atoms with van der Waals surface area (Å²) >= 11 is 5.92. The van der Waals surface area contributed by atoms with Crippen molar-refractivity contribution in [2.75, 3.05) is 13.2 Å². The fraction of sp³-hybridized carbons (Fsp3) is 0.222. The Morgan fingerprint density at radius 3 is 2.75 bits per heavy atom. The van der Waals surface area contributed by atoms with Crippen molar-refractivity contribution in [2.24, 2.45) is 5.14 Å². The normalized spacial score (nSPS) is 15.9. The average molecular weight is 425 g/mol. The van der Waals surface area contributed by atoms with Crippen molar-refractivity contribution in [3.63, 3.8) is 0 Å². The van der Waals surface area contributed by atoms with Crippen LogP contribution in [0.2, 0.25) is 5.02 Å². The molecule has 1 unspecified atom stereocenters. The second-order valence-electron chi connectivity index (χ2n) is 6.06. The van der Waals surface area contributed by atoms with Crippen LogP contribution in [-0.4, -0.2) is 33.5 Å². The van der Waals surface area contributed by atoms with E-state index in [0.717, 1.165) is 11.6 Å². The second-order valence-corrected chi connectivity index (χ2v) is 8.03. The first kappa shape index (κ1) is 20.1. The highest BCUT2D eigenvalue weighted by Crippen LogP contribution is 2.31. The number of benzene rings is 2. The van der Waals surface area contributed by atoms with Gasteiger partial charge in [0.2, 0.25) is 10.0 Å². The Hall–Kier alpha value is -2.62. The maximum Gasteiger partial charge on any atom is 0.340 e. The molecular weight excluding hydrogens is 408 g/mol. The Kier molecular flexibility index (Phi) is 5.87. The Labute approximate surface area is 166 Å². The number of nitrogens with two attached hydrogens (primary N) is 1. The van der Waals surface area contributed by atoms with Gasteiger partial charge in [0.1, 0.15) is 5.75 Å². The molecule has 1 heterocycles. The fourth-order valence-electron chi connectivity index (χ4n) is 2.77. The third kappa shape index (κ3) is 4.61. The number of esters is 1. The van der Waals surface area contributed by atoms with E-state index in [1.807, 2.05) is 24.3 Å². The van der Waals surface area contributed by atoms with Gasteiger partial charge in [0.25, 0.3) is 5.91 Å². The Morgan fingerprint density at radius 1 is 1.25 bits per heavy atom. The van der Waals surface area contributed by atoms with Crippen LogP contribution >= 0.6 is 11.6 Å². The summed E-state index contributed by atoms with van der Waals surface area (Å²) in [5, 5.41) is 7.81. The number of para-hydroxylation sites is 1. The van der Waals surface area contributed by atoms with Crippen LogP contribution in [0, 0.1) is 0 Å². The number of hydrogen-bond donors (Lipinski definition) is 2. The SMILES string of the molecule is NS(=O)(=O)c1ccc(Cl)c(C(=O)OCC(=O)NC2CCOc3ccccc32)c1.